The maximum Gasteiger partial charge on any atom is 0.284 e. The van der Waals surface area contributed by atoms with E-state index in [1.165, 1.54) is 18.3 Å². The lowest BCUT2D eigenvalue weighted by atomic mass is 10.3. The van der Waals surface area contributed by atoms with E-state index in [0.717, 1.165) is 0 Å². The number of rotatable bonds is 0. The zero-order valence-corrected chi connectivity index (χ0v) is 6.51. The molecule has 2 heterocycles. The fourth-order valence-corrected chi connectivity index (χ4v) is 1.02. The molecule has 2 aromatic heterocycles. The Kier molecular flexibility index (Phi) is 1.42. The van der Waals surface area contributed by atoms with Crippen LogP contribution in [0.4, 0.5) is 5.95 Å². The van der Waals surface area contributed by atoms with Gasteiger partial charge in [0, 0.05) is 17.6 Å². The molecule has 3 N–H and O–H groups in total. The molecule has 6 heteroatoms. The van der Waals surface area contributed by atoms with Gasteiger partial charge in [0.2, 0.25) is 5.95 Å². The predicted molar refractivity (Wildman–Crippen MR) is 45.4 cm³/mol. The first-order chi connectivity index (χ1) is 6.18. The molecule has 0 fully saturated rings. The quantitative estimate of drug-likeness (QED) is 0.536. The zero-order valence-electron chi connectivity index (χ0n) is 6.51. The van der Waals surface area contributed by atoms with Crippen LogP contribution in [0, 0.1) is 0 Å². The topological polar surface area (TPSA) is 94.0 Å². The van der Waals surface area contributed by atoms with Gasteiger partial charge in [-0.15, -0.1) is 4.73 Å². The normalized spacial score (nSPS) is 10.5. The Balaban J connectivity index is 2.97. The molecule has 0 unspecified atom stereocenters. The van der Waals surface area contributed by atoms with E-state index in [2.05, 4.69) is 9.97 Å². The molecule has 0 bridgehead atoms. The van der Waals surface area contributed by atoms with Gasteiger partial charge in [-0.1, -0.05) is 0 Å². The van der Waals surface area contributed by atoms with Crippen LogP contribution in [0.25, 0.3) is 11.0 Å². The third-order valence-electron chi connectivity index (χ3n) is 1.63. The van der Waals surface area contributed by atoms with Crippen LogP contribution in [0.5, 0.6) is 0 Å². The van der Waals surface area contributed by atoms with E-state index in [4.69, 9.17) is 5.73 Å². The largest absolute Gasteiger partial charge is 0.423 e. The van der Waals surface area contributed by atoms with Gasteiger partial charge in [0.1, 0.15) is 0 Å². The third kappa shape index (κ3) is 1.08. The van der Waals surface area contributed by atoms with E-state index in [1.807, 2.05) is 0 Å². The molecule has 0 saturated heterocycles. The molecule has 0 aliphatic heterocycles. The van der Waals surface area contributed by atoms with Gasteiger partial charge in [-0.25, -0.2) is 4.98 Å². The number of hydrogen-bond donors (Lipinski definition) is 2. The second-order valence-corrected chi connectivity index (χ2v) is 2.49. The summed E-state index contributed by atoms with van der Waals surface area (Å²) in [5, 5.41) is 9.79. The highest BCUT2D eigenvalue weighted by Crippen LogP contribution is 2.06. The molecule has 66 valence electrons. The van der Waals surface area contributed by atoms with Crippen LogP contribution >= 0.6 is 0 Å². The van der Waals surface area contributed by atoms with E-state index in [1.54, 1.807) is 0 Å². The summed E-state index contributed by atoms with van der Waals surface area (Å²) in [7, 11) is 0. The van der Waals surface area contributed by atoms with Gasteiger partial charge in [-0.3, -0.25) is 4.79 Å². The maximum absolute atomic E-state index is 11.0. The summed E-state index contributed by atoms with van der Waals surface area (Å²) in [6.45, 7) is 0. The smallest absolute Gasteiger partial charge is 0.284 e. The van der Waals surface area contributed by atoms with Gasteiger partial charge in [-0.05, 0) is 6.07 Å². The highest BCUT2D eigenvalue weighted by atomic mass is 16.5. The van der Waals surface area contributed by atoms with Crippen molar-refractivity contribution in [2.45, 2.75) is 0 Å². The SMILES string of the molecule is Nc1ncc2ccc(=O)n(O)c2n1. The van der Waals surface area contributed by atoms with E-state index >= 15 is 0 Å². The minimum atomic E-state index is -0.550. The number of aromatic nitrogens is 3. The first-order valence-corrected chi connectivity index (χ1v) is 3.52. The molecule has 13 heavy (non-hydrogen) atoms. The Morgan fingerprint density at radius 3 is 3.00 bits per heavy atom. The summed E-state index contributed by atoms with van der Waals surface area (Å²) in [6.07, 6.45) is 1.43. The molecule has 0 spiro atoms. The lowest BCUT2D eigenvalue weighted by molar-refractivity contribution is 0.186. The average Bonchev–Trinajstić information content (AvgIpc) is 2.12. The second kappa shape index (κ2) is 2.44. The first kappa shape index (κ1) is 7.53. The molecule has 0 saturated carbocycles. The Morgan fingerprint density at radius 1 is 1.46 bits per heavy atom. The number of nitrogens with zero attached hydrogens (tertiary/aromatic N) is 3. The van der Waals surface area contributed by atoms with Crippen LogP contribution in [0.15, 0.2) is 23.1 Å². The lowest BCUT2D eigenvalue weighted by Gasteiger charge is -2.00. The van der Waals surface area contributed by atoms with Crippen molar-refractivity contribution < 1.29 is 5.21 Å². The molecule has 0 radical (unpaired) electrons. The predicted octanol–water partition coefficient (Wildman–Crippen LogP) is -0.389. The molecular formula is C7H6N4O2. The Hall–Kier alpha value is -2.11. The van der Waals surface area contributed by atoms with Crippen LogP contribution < -0.4 is 11.3 Å². The summed E-state index contributed by atoms with van der Waals surface area (Å²) in [5.41, 5.74) is 4.85. The number of nitrogen functional groups attached to an aromatic ring is 1. The summed E-state index contributed by atoms with van der Waals surface area (Å²) in [5.74, 6) is 0.0147. The monoisotopic (exact) mass is 178 g/mol. The fourth-order valence-electron chi connectivity index (χ4n) is 1.02. The zero-order chi connectivity index (χ0) is 9.42. The minimum absolute atomic E-state index is 0.0147. The Labute approximate surface area is 72.2 Å². The van der Waals surface area contributed by atoms with E-state index in [-0.39, 0.29) is 11.6 Å². The maximum atomic E-state index is 11.0. The van der Waals surface area contributed by atoms with Gasteiger partial charge in [0.05, 0.1) is 0 Å². The lowest BCUT2D eigenvalue weighted by Crippen LogP contribution is -2.17. The summed E-state index contributed by atoms with van der Waals surface area (Å²) >= 11 is 0. The number of anilines is 1. The van der Waals surface area contributed by atoms with Gasteiger partial charge in [-0.2, -0.15) is 4.98 Å². The molecule has 0 aliphatic carbocycles. The van der Waals surface area contributed by atoms with E-state index < -0.39 is 5.56 Å². The summed E-state index contributed by atoms with van der Waals surface area (Å²) < 4.78 is 0.438. The van der Waals surface area contributed by atoms with Crippen molar-refractivity contribution in [1.82, 2.24) is 14.7 Å². The van der Waals surface area contributed by atoms with Crippen LogP contribution in [0.1, 0.15) is 0 Å². The highest BCUT2D eigenvalue weighted by Gasteiger charge is 2.02. The van der Waals surface area contributed by atoms with E-state index in [0.29, 0.717) is 10.1 Å². The minimum Gasteiger partial charge on any atom is -0.423 e. The van der Waals surface area contributed by atoms with Crippen LogP contribution in [0.2, 0.25) is 0 Å². The van der Waals surface area contributed by atoms with Crippen molar-refractivity contribution in [3.8, 4) is 0 Å². The van der Waals surface area contributed by atoms with Crippen LogP contribution in [-0.4, -0.2) is 19.9 Å². The van der Waals surface area contributed by atoms with Crippen molar-refractivity contribution in [3.63, 3.8) is 0 Å². The van der Waals surface area contributed by atoms with Gasteiger partial charge >= 0.3 is 0 Å². The number of nitrogens with two attached hydrogens (primary N) is 1. The van der Waals surface area contributed by atoms with Gasteiger partial charge in [0.25, 0.3) is 5.56 Å². The Morgan fingerprint density at radius 2 is 2.23 bits per heavy atom. The van der Waals surface area contributed by atoms with Crippen LogP contribution in [0.3, 0.4) is 0 Å². The molecule has 2 rings (SSSR count). The molecule has 0 aliphatic rings. The molecule has 0 amide bonds. The standard InChI is InChI=1S/C7H6N4O2/c8-7-9-3-4-1-2-5(12)11(13)6(4)10-7/h1-3,13H,(H2,8,9,10). The van der Waals surface area contributed by atoms with Gasteiger partial charge in [0.15, 0.2) is 5.65 Å². The van der Waals surface area contributed by atoms with Crippen molar-refractivity contribution in [2.75, 3.05) is 5.73 Å². The summed E-state index contributed by atoms with van der Waals surface area (Å²) in [6, 6.07) is 2.74. The number of pyridine rings is 1. The number of hydrogen-bond acceptors (Lipinski definition) is 5. The first-order valence-electron chi connectivity index (χ1n) is 3.52. The van der Waals surface area contributed by atoms with Crippen molar-refractivity contribution in [1.29, 1.82) is 0 Å². The summed E-state index contributed by atoms with van der Waals surface area (Å²) in [4.78, 5) is 18.4. The van der Waals surface area contributed by atoms with E-state index in [9.17, 15) is 10.0 Å². The molecular weight excluding hydrogens is 172 g/mol. The second-order valence-electron chi connectivity index (χ2n) is 2.49. The van der Waals surface area contributed by atoms with Crippen molar-refractivity contribution in [3.05, 3.63) is 28.7 Å². The van der Waals surface area contributed by atoms with Crippen molar-refractivity contribution >= 4 is 17.0 Å². The molecule has 2 aromatic rings. The van der Waals surface area contributed by atoms with Gasteiger partial charge < -0.3 is 10.9 Å². The van der Waals surface area contributed by atoms with Crippen LogP contribution in [-0.2, 0) is 0 Å². The average molecular weight is 178 g/mol. The molecule has 6 nitrogen and oxygen atoms in total. The Bertz CT molecular complexity index is 519. The molecule has 0 atom stereocenters. The number of fused-ring (bicyclic) bond motifs is 1. The fraction of sp³-hybridized carbons (Fsp3) is 0. The molecule has 0 aromatic carbocycles. The highest BCUT2D eigenvalue weighted by molar-refractivity contribution is 5.74. The third-order valence-corrected chi connectivity index (χ3v) is 1.63. The van der Waals surface area contributed by atoms with Crippen molar-refractivity contribution in [2.24, 2.45) is 0 Å².